The van der Waals surface area contributed by atoms with E-state index in [9.17, 15) is 4.79 Å². The average Bonchev–Trinajstić information content (AvgIpc) is 2.81. The van der Waals surface area contributed by atoms with Gasteiger partial charge in [-0.25, -0.2) is 4.79 Å². The maximum absolute atomic E-state index is 11.6. The summed E-state index contributed by atoms with van der Waals surface area (Å²) in [6.07, 6.45) is 0. The zero-order chi connectivity index (χ0) is 15.1. The van der Waals surface area contributed by atoms with Gasteiger partial charge in [0.25, 0.3) is 0 Å². The lowest BCUT2D eigenvalue weighted by Gasteiger charge is -2.08. The van der Waals surface area contributed by atoms with E-state index in [1.807, 2.05) is 44.2 Å². The summed E-state index contributed by atoms with van der Waals surface area (Å²) in [4.78, 5) is 11.6. The first-order chi connectivity index (χ1) is 10.2. The third kappa shape index (κ3) is 4.52. The lowest BCUT2D eigenvalue weighted by atomic mass is 10.2. The van der Waals surface area contributed by atoms with Crippen LogP contribution in [-0.2, 0) is 6.54 Å². The summed E-state index contributed by atoms with van der Waals surface area (Å²) in [6, 6.07) is 9.23. The van der Waals surface area contributed by atoms with Crippen molar-refractivity contribution in [1.82, 2.24) is 15.8 Å². The molecule has 0 aliphatic rings. The molecule has 0 fully saturated rings. The van der Waals surface area contributed by atoms with Gasteiger partial charge in [0, 0.05) is 12.1 Å². The number of nitrogens with one attached hydrogen (secondary N) is 2. The van der Waals surface area contributed by atoms with E-state index in [1.54, 1.807) is 0 Å². The van der Waals surface area contributed by atoms with Gasteiger partial charge in [0.1, 0.15) is 18.1 Å². The minimum absolute atomic E-state index is 0.244. The van der Waals surface area contributed by atoms with Gasteiger partial charge in [-0.15, -0.1) is 0 Å². The van der Waals surface area contributed by atoms with Crippen molar-refractivity contribution in [3.05, 3.63) is 47.3 Å². The van der Waals surface area contributed by atoms with Crippen molar-refractivity contribution in [3.8, 4) is 5.75 Å². The van der Waals surface area contributed by atoms with Gasteiger partial charge in [-0.1, -0.05) is 23.4 Å². The summed E-state index contributed by atoms with van der Waals surface area (Å²) in [5, 5.41) is 9.32. The van der Waals surface area contributed by atoms with Crippen molar-refractivity contribution in [2.75, 3.05) is 13.2 Å². The summed E-state index contributed by atoms with van der Waals surface area (Å²) in [5.41, 5.74) is 1.70. The Morgan fingerprint density at radius 3 is 2.67 bits per heavy atom. The molecule has 0 radical (unpaired) electrons. The molecule has 2 aromatic rings. The highest BCUT2D eigenvalue weighted by molar-refractivity contribution is 5.73. The number of para-hydroxylation sites is 1. The first-order valence-electron chi connectivity index (χ1n) is 6.78. The molecule has 6 nitrogen and oxygen atoms in total. The Balaban J connectivity index is 1.64. The number of carbonyl (C=O) groups excluding carboxylic acids is 1. The molecular formula is C15H19N3O3. The molecule has 2 N–H and O–H groups in total. The monoisotopic (exact) mass is 289 g/mol. The highest BCUT2D eigenvalue weighted by Crippen LogP contribution is 2.11. The van der Waals surface area contributed by atoms with Crippen LogP contribution in [0.2, 0.25) is 0 Å². The fraction of sp³-hybridized carbons (Fsp3) is 0.333. The van der Waals surface area contributed by atoms with E-state index >= 15 is 0 Å². The van der Waals surface area contributed by atoms with Crippen LogP contribution in [-0.4, -0.2) is 24.3 Å². The number of hydrogen-bond acceptors (Lipinski definition) is 4. The number of carbonyl (C=O) groups is 1. The molecule has 1 aromatic carbocycles. The minimum atomic E-state index is -0.244. The van der Waals surface area contributed by atoms with Crippen molar-refractivity contribution >= 4 is 6.03 Å². The number of benzene rings is 1. The van der Waals surface area contributed by atoms with E-state index in [0.717, 1.165) is 22.8 Å². The Hall–Kier alpha value is -2.50. The van der Waals surface area contributed by atoms with Crippen LogP contribution in [0.5, 0.6) is 5.75 Å². The molecule has 21 heavy (non-hydrogen) atoms. The Morgan fingerprint density at radius 1 is 1.24 bits per heavy atom. The van der Waals surface area contributed by atoms with Crippen molar-refractivity contribution in [2.24, 2.45) is 0 Å². The second kappa shape index (κ2) is 7.33. The van der Waals surface area contributed by atoms with Crippen molar-refractivity contribution in [1.29, 1.82) is 0 Å². The van der Waals surface area contributed by atoms with Crippen LogP contribution in [0.25, 0.3) is 0 Å². The largest absolute Gasteiger partial charge is 0.492 e. The van der Waals surface area contributed by atoms with Crippen LogP contribution >= 0.6 is 0 Å². The van der Waals surface area contributed by atoms with E-state index in [4.69, 9.17) is 9.26 Å². The summed E-state index contributed by atoms with van der Waals surface area (Å²) >= 11 is 0. The Morgan fingerprint density at radius 2 is 2.00 bits per heavy atom. The van der Waals surface area contributed by atoms with Crippen molar-refractivity contribution in [2.45, 2.75) is 20.4 Å². The number of ether oxygens (including phenoxy) is 1. The number of aryl methyl sites for hydroxylation is 2. The van der Waals surface area contributed by atoms with Gasteiger partial charge in [0.2, 0.25) is 0 Å². The predicted molar refractivity (Wildman–Crippen MR) is 78.2 cm³/mol. The lowest BCUT2D eigenvalue weighted by Crippen LogP contribution is -2.37. The first-order valence-corrected chi connectivity index (χ1v) is 6.78. The van der Waals surface area contributed by atoms with E-state index < -0.39 is 0 Å². The number of hydrogen-bond donors (Lipinski definition) is 2. The van der Waals surface area contributed by atoms with Gasteiger partial charge in [-0.2, -0.15) is 0 Å². The summed E-state index contributed by atoms with van der Waals surface area (Å²) in [5.74, 6) is 1.51. The van der Waals surface area contributed by atoms with E-state index in [2.05, 4.69) is 15.8 Å². The maximum atomic E-state index is 11.6. The van der Waals surface area contributed by atoms with Gasteiger partial charge >= 0.3 is 6.03 Å². The zero-order valence-electron chi connectivity index (χ0n) is 12.2. The molecule has 112 valence electrons. The second-order valence-electron chi connectivity index (χ2n) is 4.57. The van der Waals surface area contributed by atoms with Gasteiger partial charge in [-0.3, -0.25) is 0 Å². The third-order valence-corrected chi connectivity index (χ3v) is 3.01. The molecule has 0 saturated heterocycles. The van der Waals surface area contributed by atoms with Gasteiger partial charge in [0.05, 0.1) is 12.2 Å². The van der Waals surface area contributed by atoms with E-state index in [-0.39, 0.29) is 6.03 Å². The topological polar surface area (TPSA) is 76.4 Å². The molecule has 0 atom stereocenters. The Kier molecular flexibility index (Phi) is 5.20. The normalized spacial score (nSPS) is 10.2. The molecule has 0 spiro atoms. The summed E-state index contributed by atoms with van der Waals surface area (Å²) in [6.45, 7) is 4.92. The van der Waals surface area contributed by atoms with Crippen LogP contribution in [0.4, 0.5) is 4.79 Å². The molecule has 0 bridgehead atoms. The number of urea groups is 1. The quantitative estimate of drug-likeness (QED) is 0.799. The molecular weight excluding hydrogens is 270 g/mol. The number of nitrogens with zero attached hydrogens (tertiary/aromatic N) is 1. The van der Waals surface area contributed by atoms with Gasteiger partial charge in [0.15, 0.2) is 0 Å². The fourth-order valence-electron chi connectivity index (χ4n) is 1.84. The van der Waals surface area contributed by atoms with Crippen LogP contribution in [0, 0.1) is 13.8 Å². The number of aromatic nitrogens is 1. The van der Waals surface area contributed by atoms with E-state index in [0.29, 0.717) is 19.7 Å². The van der Waals surface area contributed by atoms with E-state index in [1.165, 1.54) is 0 Å². The molecule has 2 rings (SSSR count). The molecule has 0 aliphatic heterocycles. The Labute approximate surface area is 123 Å². The number of amides is 2. The first kappa shape index (κ1) is 14.9. The molecule has 6 heteroatoms. The summed E-state index contributed by atoms with van der Waals surface area (Å²) < 4.78 is 10.5. The standard InChI is InChI=1S/C15H19N3O3/c1-11-14(12(2)21-18-11)10-17-15(19)16-8-9-20-13-6-4-3-5-7-13/h3-7H,8-10H2,1-2H3,(H2,16,17,19). The molecule has 1 heterocycles. The van der Waals surface area contributed by atoms with Gasteiger partial charge in [-0.05, 0) is 26.0 Å². The third-order valence-electron chi connectivity index (χ3n) is 3.01. The molecule has 0 saturated carbocycles. The van der Waals surface area contributed by atoms with Crippen LogP contribution < -0.4 is 15.4 Å². The lowest BCUT2D eigenvalue weighted by molar-refractivity contribution is 0.236. The van der Waals surface area contributed by atoms with Crippen molar-refractivity contribution in [3.63, 3.8) is 0 Å². The van der Waals surface area contributed by atoms with Crippen LogP contribution in [0.1, 0.15) is 17.0 Å². The smallest absolute Gasteiger partial charge is 0.315 e. The van der Waals surface area contributed by atoms with Gasteiger partial charge < -0.3 is 19.9 Å². The highest BCUT2D eigenvalue weighted by Gasteiger charge is 2.09. The average molecular weight is 289 g/mol. The van der Waals surface area contributed by atoms with Crippen molar-refractivity contribution < 1.29 is 14.1 Å². The van der Waals surface area contributed by atoms with Crippen LogP contribution in [0.3, 0.4) is 0 Å². The van der Waals surface area contributed by atoms with Crippen LogP contribution in [0.15, 0.2) is 34.9 Å². The predicted octanol–water partition coefficient (Wildman–Crippen LogP) is 2.17. The Bertz CT molecular complexity index is 562. The molecule has 2 amide bonds. The maximum Gasteiger partial charge on any atom is 0.315 e. The fourth-order valence-corrected chi connectivity index (χ4v) is 1.84. The molecule has 1 aromatic heterocycles. The highest BCUT2D eigenvalue weighted by atomic mass is 16.5. The molecule has 0 unspecified atom stereocenters. The SMILES string of the molecule is Cc1noc(C)c1CNC(=O)NCCOc1ccccc1. The summed E-state index contributed by atoms with van der Waals surface area (Å²) in [7, 11) is 0. The number of rotatable bonds is 6. The zero-order valence-corrected chi connectivity index (χ0v) is 12.2. The molecule has 0 aliphatic carbocycles. The minimum Gasteiger partial charge on any atom is -0.492 e. The second-order valence-corrected chi connectivity index (χ2v) is 4.57.